The number of benzene rings is 1. The van der Waals surface area contributed by atoms with Crippen LogP contribution in [0.5, 0.6) is 0 Å². The molecule has 2 aliphatic rings. The number of aryl methyl sites for hydroxylation is 1. The van der Waals surface area contributed by atoms with Gasteiger partial charge in [-0.25, -0.2) is 4.68 Å². The third-order valence-corrected chi connectivity index (χ3v) is 5.56. The Morgan fingerprint density at radius 3 is 2.67 bits per heavy atom. The number of piperidine rings is 1. The van der Waals surface area contributed by atoms with E-state index in [0.717, 1.165) is 42.7 Å². The summed E-state index contributed by atoms with van der Waals surface area (Å²) in [5, 5.41) is 8.79. The van der Waals surface area contributed by atoms with Crippen LogP contribution < -0.4 is 0 Å². The zero-order valence-corrected chi connectivity index (χ0v) is 14.3. The van der Waals surface area contributed by atoms with Gasteiger partial charge in [-0.1, -0.05) is 28.9 Å². The van der Waals surface area contributed by atoms with Gasteiger partial charge in [-0.2, -0.15) is 0 Å². The molecule has 24 heavy (non-hydrogen) atoms. The quantitative estimate of drug-likeness (QED) is 0.855. The number of carbonyl (C=O) groups is 1. The molecule has 2 aliphatic heterocycles. The van der Waals surface area contributed by atoms with Crippen LogP contribution in [-0.2, 0) is 11.2 Å². The van der Waals surface area contributed by atoms with Crippen LogP contribution in [0.3, 0.4) is 0 Å². The van der Waals surface area contributed by atoms with E-state index < -0.39 is 0 Å². The molecule has 2 saturated heterocycles. The Balaban J connectivity index is 1.39. The Hall–Kier alpha value is -1.88. The molecular formula is C18H21ClN4O. The molecule has 4 rings (SSSR count). The second-order valence-electron chi connectivity index (χ2n) is 6.82. The Kier molecular flexibility index (Phi) is 4.27. The molecule has 1 aromatic heterocycles. The van der Waals surface area contributed by atoms with Crippen molar-refractivity contribution in [2.75, 3.05) is 0 Å². The van der Waals surface area contributed by atoms with Crippen LogP contribution in [0.25, 0.3) is 0 Å². The molecule has 0 N–H and O–H groups in total. The lowest BCUT2D eigenvalue weighted by atomic mass is 9.96. The van der Waals surface area contributed by atoms with Gasteiger partial charge in [-0.05, 0) is 49.8 Å². The molecule has 5 nitrogen and oxygen atoms in total. The monoisotopic (exact) mass is 344 g/mol. The van der Waals surface area contributed by atoms with Crippen molar-refractivity contribution in [3.8, 4) is 0 Å². The van der Waals surface area contributed by atoms with E-state index in [1.165, 1.54) is 0 Å². The smallest absolute Gasteiger partial charge is 0.223 e. The molecule has 0 aliphatic carbocycles. The standard InChI is InChI=1S/C18H21ClN4O/c19-14-3-1-2-13(10-14)4-7-18(24)23-15-5-6-16(23)12-17(11-15)22-9-8-20-21-22/h1-3,8-10,15-17H,4-7,11-12H2. The maximum absolute atomic E-state index is 12.8. The first-order valence-electron chi connectivity index (χ1n) is 8.62. The third-order valence-electron chi connectivity index (χ3n) is 5.33. The summed E-state index contributed by atoms with van der Waals surface area (Å²) in [4.78, 5) is 14.9. The summed E-state index contributed by atoms with van der Waals surface area (Å²) in [7, 11) is 0. The Bertz CT molecular complexity index is 704. The topological polar surface area (TPSA) is 51.0 Å². The maximum Gasteiger partial charge on any atom is 0.223 e. The summed E-state index contributed by atoms with van der Waals surface area (Å²) < 4.78 is 1.96. The predicted molar refractivity (Wildman–Crippen MR) is 91.7 cm³/mol. The summed E-state index contributed by atoms with van der Waals surface area (Å²) in [6.45, 7) is 0. The lowest BCUT2D eigenvalue weighted by Gasteiger charge is -2.39. The Morgan fingerprint density at radius 2 is 2.00 bits per heavy atom. The number of rotatable bonds is 4. The molecule has 3 heterocycles. The number of halogens is 1. The van der Waals surface area contributed by atoms with Gasteiger partial charge in [0.1, 0.15) is 0 Å². The van der Waals surface area contributed by atoms with Gasteiger partial charge in [0.15, 0.2) is 0 Å². The van der Waals surface area contributed by atoms with Gasteiger partial charge in [-0.3, -0.25) is 4.79 Å². The van der Waals surface area contributed by atoms with Crippen LogP contribution in [0.2, 0.25) is 5.02 Å². The minimum Gasteiger partial charge on any atom is -0.337 e. The van der Waals surface area contributed by atoms with Crippen LogP contribution >= 0.6 is 11.6 Å². The zero-order valence-electron chi connectivity index (χ0n) is 13.5. The summed E-state index contributed by atoms with van der Waals surface area (Å²) in [6.07, 6.45) is 9.16. The van der Waals surface area contributed by atoms with Gasteiger partial charge in [0.2, 0.25) is 5.91 Å². The first-order chi connectivity index (χ1) is 11.7. The molecular weight excluding hydrogens is 324 g/mol. The highest BCUT2D eigenvalue weighted by Crippen LogP contribution is 2.40. The fraction of sp³-hybridized carbons (Fsp3) is 0.500. The molecule has 2 unspecified atom stereocenters. The van der Waals surface area contributed by atoms with Gasteiger partial charge < -0.3 is 4.90 Å². The molecule has 126 valence electrons. The molecule has 0 saturated carbocycles. The molecule has 1 amide bonds. The lowest BCUT2D eigenvalue weighted by molar-refractivity contribution is -0.136. The Labute approximate surface area is 146 Å². The number of hydrogen-bond donors (Lipinski definition) is 0. The van der Waals surface area contributed by atoms with E-state index >= 15 is 0 Å². The van der Waals surface area contributed by atoms with Crippen molar-refractivity contribution < 1.29 is 4.79 Å². The highest BCUT2D eigenvalue weighted by molar-refractivity contribution is 6.30. The van der Waals surface area contributed by atoms with Crippen LogP contribution in [0.15, 0.2) is 36.7 Å². The maximum atomic E-state index is 12.8. The molecule has 6 heteroatoms. The minimum atomic E-state index is 0.277. The van der Waals surface area contributed by atoms with Crippen LogP contribution in [0, 0.1) is 0 Å². The molecule has 2 bridgehead atoms. The summed E-state index contributed by atoms with van der Waals surface area (Å²) in [5.41, 5.74) is 1.13. The van der Waals surface area contributed by atoms with E-state index in [9.17, 15) is 4.79 Å². The lowest BCUT2D eigenvalue weighted by Crippen LogP contribution is -2.47. The number of carbonyl (C=O) groups excluding carboxylic acids is 1. The molecule has 2 aromatic rings. The van der Waals surface area contributed by atoms with Crippen molar-refractivity contribution in [2.24, 2.45) is 0 Å². The van der Waals surface area contributed by atoms with E-state index in [1.807, 2.05) is 35.1 Å². The average Bonchev–Trinajstić information content (AvgIpc) is 3.20. The number of fused-ring (bicyclic) bond motifs is 2. The first-order valence-corrected chi connectivity index (χ1v) is 9.00. The van der Waals surface area contributed by atoms with E-state index in [-0.39, 0.29) is 5.91 Å². The Morgan fingerprint density at radius 1 is 1.21 bits per heavy atom. The molecule has 0 radical (unpaired) electrons. The summed E-state index contributed by atoms with van der Waals surface area (Å²) >= 11 is 6.02. The second kappa shape index (κ2) is 6.55. The van der Waals surface area contributed by atoms with E-state index in [0.29, 0.717) is 24.5 Å². The van der Waals surface area contributed by atoms with E-state index in [1.54, 1.807) is 6.20 Å². The number of amides is 1. The highest BCUT2D eigenvalue weighted by atomic mass is 35.5. The first kappa shape index (κ1) is 15.6. The fourth-order valence-corrected chi connectivity index (χ4v) is 4.47. The van der Waals surface area contributed by atoms with Crippen molar-refractivity contribution in [2.45, 2.75) is 56.7 Å². The summed E-state index contributed by atoms with van der Waals surface area (Å²) in [6, 6.07) is 8.86. The van der Waals surface area contributed by atoms with Crippen LogP contribution in [0.1, 0.15) is 43.7 Å². The van der Waals surface area contributed by atoms with Crippen molar-refractivity contribution in [3.05, 3.63) is 47.2 Å². The molecule has 2 fully saturated rings. The van der Waals surface area contributed by atoms with Gasteiger partial charge >= 0.3 is 0 Å². The third kappa shape index (κ3) is 3.05. The van der Waals surface area contributed by atoms with Crippen molar-refractivity contribution in [1.82, 2.24) is 19.9 Å². The van der Waals surface area contributed by atoms with Gasteiger partial charge in [0, 0.05) is 29.7 Å². The molecule has 2 atom stereocenters. The molecule has 1 aromatic carbocycles. The minimum absolute atomic E-state index is 0.277. The normalized spacial score (nSPS) is 25.9. The second-order valence-corrected chi connectivity index (χ2v) is 7.26. The fourth-order valence-electron chi connectivity index (χ4n) is 4.26. The average molecular weight is 345 g/mol. The van der Waals surface area contributed by atoms with Crippen molar-refractivity contribution >= 4 is 17.5 Å². The number of aromatic nitrogens is 3. The largest absolute Gasteiger partial charge is 0.337 e. The van der Waals surface area contributed by atoms with Crippen LogP contribution in [0.4, 0.5) is 0 Å². The molecule has 0 spiro atoms. The van der Waals surface area contributed by atoms with Gasteiger partial charge in [0.25, 0.3) is 0 Å². The highest BCUT2D eigenvalue weighted by Gasteiger charge is 2.43. The van der Waals surface area contributed by atoms with Gasteiger partial charge in [0.05, 0.1) is 12.2 Å². The summed E-state index contributed by atoms with van der Waals surface area (Å²) in [5.74, 6) is 0.277. The van der Waals surface area contributed by atoms with Crippen LogP contribution in [-0.4, -0.2) is 37.9 Å². The predicted octanol–water partition coefficient (Wildman–Crippen LogP) is 3.26. The van der Waals surface area contributed by atoms with Gasteiger partial charge in [-0.15, -0.1) is 5.10 Å². The number of hydrogen-bond acceptors (Lipinski definition) is 3. The van der Waals surface area contributed by atoms with E-state index in [2.05, 4.69) is 15.2 Å². The SMILES string of the molecule is O=C(CCc1cccc(Cl)c1)N1C2CCC1CC(n1ccnn1)C2. The van der Waals surface area contributed by atoms with Crippen molar-refractivity contribution in [1.29, 1.82) is 0 Å². The number of nitrogens with zero attached hydrogens (tertiary/aromatic N) is 4. The van der Waals surface area contributed by atoms with Crippen molar-refractivity contribution in [3.63, 3.8) is 0 Å². The zero-order chi connectivity index (χ0) is 16.5. The van der Waals surface area contributed by atoms with E-state index in [4.69, 9.17) is 11.6 Å².